The molecule has 0 aromatic carbocycles. The number of aliphatic hydroxyl groups is 1. The smallest absolute Gasteiger partial charge is 0.336 e. The van der Waals surface area contributed by atoms with Crippen LogP contribution in [-0.2, 0) is 19.2 Å². The van der Waals surface area contributed by atoms with E-state index in [-0.39, 0.29) is 0 Å². The van der Waals surface area contributed by atoms with Gasteiger partial charge in [0.25, 0.3) is 5.97 Å². The number of carboxylic acid groups (broad SMARTS) is 4. The fourth-order valence-corrected chi connectivity index (χ4v) is 2.81. The van der Waals surface area contributed by atoms with Crippen molar-refractivity contribution in [3.63, 3.8) is 0 Å². The molecule has 1 saturated heterocycles. The average molecular weight is 428 g/mol. The fraction of sp³-hybridized carbons (Fsp3) is 0.526. The summed E-state index contributed by atoms with van der Waals surface area (Å²) in [6, 6.07) is 2.85. The molecule has 2 heterocycles. The number of nitrogens with zero attached hydrogens (tertiary/aromatic N) is 2. The number of pyridine rings is 1. The number of carbonyl (C=O) groups is 4. The van der Waals surface area contributed by atoms with Gasteiger partial charge in [0.15, 0.2) is 5.60 Å². The molecule has 1 aliphatic rings. The Labute approximate surface area is 173 Å². The molecule has 30 heavy (non-hydrogen) atoms. The van der Waals surface area contributed by atoms with Crippen molar-refractivity contribution in [3.05, 3.63) is 29.6 Å². The van der Waals surface area contributed by atoms with Crippen molar-refractivity contribution >= 4 is 23.9 Å². The molecule has 0 radical (unpaired) electrons. The molecule has 1 aliphatic heterocycles. The highest BCUT2D eigenvalue weighted by atomic mass is 16.4. The molecule has 1 fully saturated rings. The van der Waals surface area contributed by atoms with Gasteiger partial charge in [0.1, 0.15) is 0 Å². The van der Waals surface area contributed by atoms with Crippen LogP contribution in [0.4, 0.5) is 0 Å². The summed E-state index contributed by atoms with van der Waals surface area (Å²) in [5, 5.41) is 41.2. The third-order valence-corrected chi connectivity index (χ3v) is 4.09. The maximum absolute atomic E-state index is 10.3. The molecule has 0 aliphatic carbocycles. The lowest BCUT2D eigenvalue weighted by Gasteiger charge is -2.19. The van der Waals surface area contributed by atoms with Gasteiger partial charge in [-0.2, -0.15) is 0 Å². The summed E-state index contributed by atoms with van der Waals surface area (Å²) < 4.78 is 0. The topological polar surface area (TPSA) is 186 Å². The van der Waals surface area contributed by atoms with Gasteiger partial charge in [0.05, 0.1) is 12.8 Å². The van der Waals surface area contributed by atoms with E-state index in [1.165, 1.54) is 30.5 Å². The van der Waals surface area contributed by atoms with Crippen molar-refractivity contribution in [3.8, 4) is 0 Å². The third kappa shape index (κ3) is 10.5. The molecule has 0 bridgehead atoms. The van der Waals surface area contributed by atoms with Crippen LogP contribution in [0.1, 0.15) is 49.8 Å². The molecular weight excluding hydrogens is 400 g/mol. The van der Waals surface area contributed by atoms with Gasteiger partial charge < -0.3 is 25.5 Å². The van der Waals surface area contributed by atoms with Crippen LogP contribution in [0.25, 0.3) is 0 Å². The monoisotopic (exact) mass is 428 g/mol. The van der Waals surface area contributed by atoms with Crippen LogP contribution in [0.15, 0.2) is 18.5 Å². The molecular formula is C19H28N2O9. The first-order valence-corrected chi connectivity index (χ1v) is 8.99. The SMILES string of the molecule is CC(=O)O.Cc1cncc([C@@H]2CCCN2C)c1.O=C(O)CC(O)(CC(=O)O)C(=O)O. The maximum Gasteiger partial charge on any atom is 0.336 e. The molecule has 0 saturated carbocycles. The van der Waals surface area contributed by atoms with Crippen LogP contribution in [0, 0.1) is 6.92 Å². The second-order valence-corrected chi connectivity index (χ2v) is 6.93. The lowest BCUT2D eigenvalue weighted by molar-refractivity contribution is -0.170. The molecule has 1 atom stereocenters. The Morgan fingerprint density at radius 3 is 1.93 bits per heavy atom. The summed E-state index contributed by atoms with van der Waals surface area (Å²) in [6.07, 6.45) is 4.22. The Morgan fingerprint density at radius 1 is 1.10 bits per heavy atom. The lowest BCUT2D eigenvalue weighted by atomic mass is 9.96. The van der Waals surface area contributed by atoms with Crippen molar-refractivity contribution in [2.75, 3.05) is 13.6 Å². The number of likely N-dealkylation sites (tertiary alicyclic amines) is 1. The molecule has 0 spiro atoms. The number of aromatic nitrogens is 1. The zero-order valence-corrected chi connectivity index (χ0v) is 17.1. The van der Waals surface area contributed by atoms with Crippen molar-refractivity contribution in [2.24, 2.45) is 0 Å². The molecule has 1 aromatic rings. The molecule has 0 unspecified atom stereocenters. The minimum Gasteiger partial charge on any atom is -0.481 e. The molecule has 11 nitrogen and oxygen atoms in total. The van der Waals surface area contributed by atoms with Crippen molar-refractivity contribution in [2.45, 2.75) is 51.2 Å². The van der Waals surface area contributed by atoms with Gasteiger partial charge in [0, 0.05) is 25.4 Å². The number of carboxylic acids is 4. The molecule has 11 heteroatoms. The largest absolute Gasteiger partial charge is 0.481 e. The first-order valence-electron chi connectivity index (χ1n) is 8.99. The number of hydrogen-bond donors (Lipinski definition) is 5. The van der Waals surface area contributed by atoms with Gasteiger partial charge in [-0.1, -0.05) is 6.07 Å². The number of rotatable bonds is 6. The number of aliphatic carboxylic acids is 4. The Balaban J connectivity index is 0.000000477. The Morgan fingerprint density at radius 2 is 1.60 bits per heavy atom. The van der Waals surface area contributed by atoms with E-state index < -0.39 is 42.3 Å². The van der Waals surface area contributed by atoms with Crippen LogP contribution in [0.3, 0.4) is 0 Å². The fourth-order valence-electron chi connectivity index (χ4n) is 2.81. The maximum atomic E-state index is 10.3. The van der Waals surface area contributed by atoms with Gasteiger partial charge in [-0.15, -0.1) is 0 Å². The molecule has 2 rings (SSSR count). The highest BCUT2D eigenvalue weighted by Crippen LogP contribution is 2.29. The number of aryl methyl sites for hydroxylation is 1. The Kier molecular flexibility index (Phi) is 11.2. The molecule has 0 amide bonds. The van der Waals surface area contributed by atoms with E-state index in [2.05, 4.69) is 29.9 Å². The van der Waals surface area contributed by atoms with E-state index in [1.54, 1.807) is 0 Å². The summed E-state index contributed by atoms with van der Waals surface area (Å²) in [4.78, 5) is 46.1. The normalized spacial score (nSPS) is 15.8. The highest BCUT2D eigenvalue weighted by Gasteiger charge is 2.40. The Hall–Kier alpha value is -3.05. The second kappa shape index (κ2) is 12.5. The van der Waals surface area contributed by atoms with Crippen LogP contribution in [-0.4, -0.2) is 78.5 Å². The zero-order valence-electron chi connectivity index (χ0n) is 17.1. The minimum atomic E-state index is -2.74. The highest BCUT2D eigenvalue weighted by molar-refractivity contribution is 5.88. The molecule has 168 valence electrons. The first-order chi connectivity index (χ1) is 13.8. The van der Waals surface area contributed by atoms with Crippen LogP contribution < -0.4 is 0 Å². The average Bonchev–Trinajstić information content (AvgIpc) is 2.99. The number of hydrogen-bond acceptors (Lipinski definition) is 7. The van der Waals surface area contributed by atoms with E-state index in [0.717, 1.165) is 6.92 Å². The van der Waals surface area contributed by atoms with E-state index in [9.17, 15) is 14.4 Å². The standard InChI is InChI=1S/C11H16N2.C6H8O7.C2H4O2/c1-9-6-10(8-12-7-9)11-4-3-5-13(11)2;7-3(8)1-6(13,5(11)12)2-4(9)10;1-2(3)4/h6-8,11H,3-5H2,1-2H3;13H,1-2H2,(H,7,8)(H,9,10)(H,11,12);1H3,(H,3,4)/t11-;;/m0../s1. The van der Waals surface area contributed by atoms with Crippen LogP contribution in [0.2, 0.25) is 0 Å². The van der Waals surface area contributed by atoms with Crippen molar-refractivity contribution < 1.29 is 44.7 Å². The van der Waals surface area contributed by atoms with E-state index in [0.29, 0.717) is 6.04 Å². The quantitative estimate of drug-likeness (QED) is 0.435. The zero-order chi connectivity index (χ0) is 23.5. The van der Waals surface area contributed by atoms with Crippen LogP contribution >= 0.6 is 0 Å². The van der Waals surface area contributed by atoms with E-state index in [4.69, 9.17) is 30.3 Å². The van der Waals surface area contributed by atoms with Crippen molar-refractivity contribution in [1.29, 1.82) is 0 Å². The summed E-state index contributed by atoms with van der Waals surface area (Å²) >= 11 is 0. The first kappa shape index (κ1) is 27.0. The summed E-state index contributed by atoms with van der Waals surface area (Å²) in [5.74, 6) is -5.85. The summed E-state index contributed by atoms with van der Waals surface area (Å²) in [7, 11) is 2.19. The Bertz CT molecular complexity index is 731. The van der Waals surface area contributed by atoms with E-state index >= 15 is 0 Å². The third-order valence-electron chi connectivity index (χ3n) is 4.09. The summed E-state index contributed by atoms with van der Waals surface area (Å²) in [6.45, 7) is 4.41. The van der Waals surface area contributed by atoms with Gasteiger partial charge in [0.2, 0.25) is 0 Å². The van der Waals surface area contributed by atoms with Gasteiger partial charge in [-0.3, -0.25) is 24.3 Å². The second-order valence-electron chi connectivity index (χ2n) is 6.93. The molecule has 5 N–H and O–H groups in total. The lowest BCUT2D eigenvalue weighted by Crippen LogP contribution is -2.42. The minimum absolute atomic E-state index is 0.604. The predicted molar refractivity (Wildman–Crippen MR) is 104 cm³/mol. The molecule has 1 aromatic heterocycles. The van der Waals surface area contributed by atoms with E-state index in [1.807, 2.05) is 12.4 Å². The van der Waals surface area contributed by atoms with Crippen LogP contribution in [0.5, 0.6) is 0 Å². The predicted octanol–water partition coefficient (Wildman–Crippen LogP) is 0.999. The van der Waals surface area contributed by atoms with Gasteiger partial charge >= 0.3 is 17.9 Å². The van der Waals surface area contributed by atoms with Gasteiger partial charge in [-0.05, 0) is 44.5 Å². The summed E-state index contributed by atoms with van der Waals surface area (Å²) in [5.41, 5.74) is -0.102. The van der Waals surface area contributed by atoms with Crippen molar-refractivity contribution in [1.82, 2.24) is 9.88 Å². The van der Waals surface area contributed by atoms with Gasteiger partial charge in [-0.25, -0.2) is 4.79 Å².